The van der Waals surface area contributed by atoms with Crippen molar-refractivity contribution in [3.63, 3.8) is 0 Å². The van der Waals surface area contributed by atoms with Gasteiger partial charge in [-0.15, -0.1) is 0 Å². The van der Waals surface area contributed by atoms with Crippen molar-refractivity contribution in [3.8, 4) is 0 Å². The lowest BCUT2D eigenvalue weighted by molar-refractivity contribution is 0.0943. The van der Waals surface area contributed by atoms with Gasteiger partial charge in [0.2, 0.25) is 0 Å². The van der Waals surface area contributed by atoms with Gasteiger partial charge in [-0.05, 0) is 44.4 Å². The van der Waals surface area contributed by atoms with Crippen LogP contribution in [0.4, 0.5) is 8.78 Å². The summed E-state index contributed by atoms with van der Waals surface area (Å²) in [5, 5.41) is 5.88. The summed E-state index contributed by atoms with van der Waals surface area (Å²) >= 11 is 0. The lowest BCUT2D eigenvalue weighted by Crippen LogP contribution is -2.31. The number of aryl methyl sites for hydroxylation is 1. The lowest BCUT2D eigenvalue weighted by Gasteiger charge is -2.12. The molecule has 0 aromatic heterocycles. The summed E-state index contributed by atoms with van der Waals surface area (Å²) in [5.74, 6) is -2.28. The average Bonchev–Trinajstić information content (AvgIpc) is 2.87. The van der Waals surface area contributed by atoms with Crippen LogP contribution in [0, 0.1) is 18.6 Å². The van der Waals surface area contributed by atoms with Crippen molar-refractivity contribution >= 4 is 5.91 Å². The first kappa shape index (κ1) is 13.9. The molecule has 2 rings (SSSR count). The van der Waals surface area contributed by atoms with E-state index in [2.05, 4.69) is 10.6 Å². The van der Waals surface area contributed by atoms with Crippen LogP contribution in [0.3, 0.4) is 0 Å². The Morgan fingerprint density at radius 3 is 2.95 bits per heavy atom. The van der Waals surface area contributed by atoms with Crippen LogP contribution < -0.4 is 10.6 Å². The Labute approximate surface area is 111 Å². The monoisotopic (exact) mass is 268 g/mol. The highest BCUT2D eigenvalue weighted by Crippen LogP contribution is 2.16. The van der Waals surface area contributed by atoms with Crippen molar-refractivity contribution in [3.05, 3.63) is 34.9 Å². The summed E-state index contributed by atoms with van der Waals surface area (Å²) < 4.78 is 27.2. The topological polar surface area (TPSA) is 41.1 Å². The minimum atomic E-state index is -0.820. The van der Waals surface area contributed by atoms with Crippen LogP contribution in [0.1, 0.15) is 35.2 Å². The van der Waals surface area contributed by atoms with Crippen LogP contribution in [-0.2, 0) is 0 Å². The first-order valence-electron chi connectivity index (χ1n) is 6.56. The van der Waals surface area contributed by atoms with Gasteiger partial charge in [-0.3, -0.25) is 4.79 Å². The molecule has 1 aromatic rings. The molecule has 1 saturated heterocycles. The highest BCUT2D eigenvalue weighted by atomic mass is 19.1. The number of hydrogen-bond donors (Lipinski definition) is 2. The lowest BCUT2D eigenvalue weighted by atomic mass is 10.1. The van der Waals surface area contributed by atoms with Crippen LogP contribution >= 0.6 is 0 Å². The number of carbonyl (C=O) groups excluding carboxylic acids is 1. The van der Waals surface area contributed by atoms with Gasteiger partial charge in [0.05, 0.1) is 0 Å². The molecule has 1 aromatic carbocycles. The Morgan fingerprint density at radius 1 is 1.47 bits per heavy atom. The van der Waals surface area contributed by atoms with E-state index in [0.717, 1.165) is 31.9 Å². The third kappa shape index (κ3) is 3.29. The summed E-state index contributed by atoms with van der Waals surface area (Å²) in [4.78, 5) is 11.8. The molecule has 2 N–H and O–H groups in total. The summed E-state index contributed by atoms with van der Waals surface area (Å²) in [6.45, 7) is 2.93. The van der Waals surface area contributed by atoms with Crippen molar-refractivity contribution in [2.75, 3.05) is 13.1 Å². The third-order valence-electron chi connectivity index (χ3n) is 3.45. The molecule has 0 spiro atoms. The molecule has 1 aliphatic heterocycles. The minimum Gasteiger partial charge on any atom is -0.352 e. The van der Waals surface area contributed by atoms with Gasteiger partial charge in [0.15, 0.2) is 0 Å². The Balaban J connectivity index is 1.94. The minimum absolute atomic E-state index is 0.268. The molecule has 1 amide bonds. The van der Waals surface area contributed by atoms with Crippen LogP contribution in [0.2, 0.25) is 0 Å². The highest BCUT2D eigenvalue weighted by Gasteiger charge is 2.19. The van der Waals surface area contributed by atoms with Gasteiger partial charge in [0.25, 0.3) is 5.91 Å². The van der Waals surface area contributed by atoms with Crippen molar-refractivity contribution in [2.24, 2.45) is 0 Å². The SMILES string of the molecule is Cc1ccc(F)c(C(=O)NCC[C@H]2CCCN2)c1F. The molecule has 1 heterocycles. The maximum Gasteiger partial charge on any atom is 0.257 e. The van der Waals surface area contributed by atoms with Gasteiger partial charge in [-0.1, -0.05) is 6.07 Å². The van der Waals surface area contributed by atoms with E-state index in [0.29, 0.717) is 12.6 Å². The number of halogens is 2. The summed E-state index contributed by atoms with van der Waals surface area (Å²) in [5.41, 5.74) is -0.219. The predicted molar refractivity (Wildman–Crippen MR) is 69.1 cm³/mol. The first-order valence-corrected chi connectivity index (χ1v) is 6.56. The van der Waals surface area contributed by atoms with Crippen LogP contribution in [0.5, 0.6) is 0 Å². The summed E-state index contributed by atoms with van der Waals surface area (Å²) in [7, 11) is 0. The molecule has 0 aliphatic carbocycles. The zero-order valence-corrected chi connectivity index (χ0v) is 10.9. The second-order valence-corrected chi connectivity index (χ2v) is 4.89. The molecule has 0 radical (unpaired) electrons. The van der Waals surface area contributed by atoms with Gasteiger partial charge in [-0.25, -0.2) is 8.78 Å². The zero-order valence-electron chi connectivity index (χ0n) is 10.9. The number of nitrogens with one attached hydrogen (secondary N) is 2. The van der Waals surface area contributed by atoms with Gasteiger partial charge in [0.1, 0.15) is 17.2 Å². The Morgan fingerprint density at radius 2 is 2.26 bits per heavy atom. The molecule has 3 nitrogen and oxygen atoms in total. The fraction of sp³-hybridized carbons (Fsp3) is 0.500. The van der Waals surface area contributed by atoms with E-state index in [4.69, 9.17) is 0 Å². The summed E-state index contributed by atoms with van der Waals surface area (Å²) in [6.07, 6.45) is 3.00. The number of benzene rings is 1. The summed E-state index contributed by atoms with van der Waals surface area (Å²) in [6, 6.07) is 2.84. The number of amides is 1. The quantitative estimate of drug-likeness (QED) is 0.878. The highest BCUT2D eigenvalue weighted by molar-refractivity contribution is 5.94. The molecule has 1 fully saturated rings. The smallest absolute Gasteiger partial charge is 0.257 e. The molecule has 19 heavy (non-hydrogen) atoms. The maximum atomic E-state index is 13.7. The van der Waals surface area contributed by atoms with Gasteiger partial charge < -0.3 is 10.6 Å². The van der Waals surface area contributed by atoms with E-state index in [-0.39, 0.29) is 5.56 Å². The van der Waals surface area contributed by atoms with E-state index >= 15 is 0 Å². The fourth-order valence-electron chi connectivity index (χ4n) is 2.32. The van der Waals surface area contributed by atoms with Crippen LogP contribution in [-0.4, -0.2) is 25.0 Å². The second kappa shape index (κ2) is 6.10. The normalized spacial score (nSPS) is 18.6. The van der Waals surface area contributed by atoms with Gasteiger partial charge >= 0.3 is 0 Å². The van der Waals surface area contributed by atoms with Crippen molar-refractivity contribution in [2.45, 2.75) is 32.2 Å². The fourth-order valence-corrected chi connectivity index (χ4v) is 2.32. The Kier molecular flexibility index (Phi) is 4.47. The Bertz CT molecular complexity index is 471. The molecule has 0 saturated carbocycles. The van der Waals surface area contributed by atoms with E-state index in [1.165, 1.54) is 13.0 Å². The van der Waals surface area contributed by atoms with Crippen molar-refractivity contribution in [1.29, 1.82) is 0 Å². The Hall–Kier alpha value is -1.49. The number of carbonyl (C=O) groups is 1. The molecule has 1 aliphatic rings. The largest absolute Gasteiger partial charge is 0.352 e. The van der Waals surface area contributed by atoms with E-state index in [1.807, 2.05) is 0 Å². The van der Waals surface area contributed by atoms with E-state index in [1.54, 1.807) is 0 Å². The molecular weight excluding hydrogens is 250 g/mol. The van der Waals surface area contributed by atoms with Gasteiger partial charge in [0, 0.05) is 12.6 Å². The third-order valence-corrected chi connectivity index (χ3v) is 3.45. The number of hydrogen-bond acceptors (Lipinski definition) is 2. The van der Waals surface area contributed by atoms with Crippen LogP contribution in [0.25, 0.3) is 0 Å². The molecule has 0 unspecified atom stereocenters. The molecular formula is C14H18F2N2O. The van der Waals surface area contributed by atoms with E-state index < -0.39 is 23.1 Å². The van der Waals surface area contributed by atoms with Crippen molar-refractivity contribution < 1.29 is 13.6 Å². The first-order chi connectivity index (χ1) is 9.09. The predicted octanol–water partition coefficient (Wildman–Crippen LogP) is 2.15. The maximum absolute atomic E-state index is 13.7. The van der Waals surface area contributed by atoms with Crippen LogP contribution in [0.15, 0.2) is 12.1 Å². The zero-order chi connectivity index (χ0) is 13.8. The molecule has 5 heteroatoms. The molecule has 104 valence electrons. The van der Waals surface area contributed by atoms with Gasteiger partial charge in [-0.2, -0.15) is 0 Å². The standard InChI is InChI=1S/C14H18F2N2O/c1-9-4-5-11(15)12(13(9)16)14(19)18-8-6-10-3-2-7-17-10/h4-5,10,17H,2-3,6-8H2,1H3,(H,18,19)/t10-/m1/s1. The van der Waals surface area contributed by atoms with Crippen molar-refractivity contribution in [1.82, 2.24) is 10.6 Å². The average molecular weight is 268 g/mol. The molecule has 0 bridgehead atoms. The van der Waals surface area contributed by atoms with E-state index in [9.17, 15) is 13.6 Å². The molecule has 1 atom stereocenters. The number of rotatable bonds is 4. The second-order valence-electron chi connectivity index (χ2n) is 4.89.